The largest absolute Gasteiger partial charge is 0.212 e. The van der Waals surface area contributed by atoms with Gasteiger partial charge in [-0.1, -0.05) is 43.0 Å². The summed E-state index contributed by atoms with van der Waals surface area (Å²) in [5, 5.41) is 0. The quantitative estimate of drug-likeness (QED) is 0.646. The molecule has 0 fully saturated rings. The molecule has 0 nitrogen and oxygen atoms in total. The molecule has 0 saturated carbocycles. The van der Waals surface area contributed by atoms with Crippen LogP contribution in [0.25, 0.3) is 11.6 Å². The topological polar surface area (TPSA) is 0 Å². The van der Waals surface area contributed by atoms with Crippen LogP contribution >= 0.6 is 0 Å². The molecule has 0 amide bonds. The van der Waals surface area contributed by atoms with E-state index in [2.05, 4.69) is 36.9 Å². The Morgan fingerprint density at radius 1 is 1.33 bits per heavy atom. The fourth-order valence-corrected chi connectivity index (χ4v) is 2.09. The zero-order valence-corrected chi connectivity index (χ0v) is 10.6. The van der Waals surface area contributed by atoms with Gasteiger partial charge in [0, 0.05) is 0 Å². The van der Waals surface area contributed by atoms with Crippen LogP contribution in [0.5, 0.6) is 0 Å². The van der Waals surface area contributed by atoms with E-state index >= 15 is 0 Å². The van der Waals surface area contributed by atoms with E-state index in [9.17, 15) is 4.39 Å². The Morgan fingerprint density at radius 3 is 2.89 bits per heavy atom. The Bertz CT molecular complexity index is 541. The third kappa shape index (κ3) is 2.86. The van der Waals surface area contributed by atoms with Gasteiger partial charge in [0.1, 0.15) is 0 Å². The highest BCUT2D eigenvalue weighted by Gasteiger charge is 2.06. The minimum atomic E-state index is -0.202. The smallest absolute Gasteiger partial charge is 0.0968 e. The highest BCUT2D eigenvalue weighted by molar-refractivity contribution is 5.77. The maximum atomic E-state index is 12.8. The number of rotatable bonds is 3. The van der Waals surface area contributed by atoms with E-state index in [-0.39, 0.29) is 5.83 Å². The Kier molecular flexibility index (Phi) is 3.93. The van der Waals surface area contributed by atoms with Gasteiger partial charge in [0.25, 0.3) is 0 Å². The standard InChI is InChI=1S/C17H17F/c1-3-14(9-8-13(2)18)17-11-10-15-6-4-5-7-16(15)12-17/h3,5,7-12H,1,4,6H2,2H3/b13-8+,14-9+. The van der Waals surface area contributed by atoms with Crippen LogP contribution in [0.1, 0.15) is 30.0 Å². The molecular weight excluding hydrogens is 223 g/mol. The monoisotopic (exact) mass is 240 g/mol. The van der Waals surface area contributed by atoms with Crippen molar-refractivity contribution in [3.8, 4) is 0 Å². The van der Waals surface area contributed by atoms with Crippen molar-refractivity contribution >= 4 is 11.6 Å². The van der Waals surface area contributed by atoms with Crippen LogP contribution < -0.4 is 0 Å². The molecule has 1 aliphatic rings. The summed E-state index contributed by atoms with van der Waals surface area (Å²) in [5.74, 6) is -0.202. The molecule has 1 heteroatoms. The molecule has 92 valence electrons. The van der Waals surface area contributed by atoms with Gasteiger partial charge in [-0.2, -0.15) is 0 Å². The first-order chi connectivity index (χ1) is 8.70. The predicted molar refractivity (Wildman–Crippen MR) is 76.8 cm³/mol. The van der Waals surface area contributed by atoms with Crippen molar-refractivity contribution in [3.05, 3.63) is 71.6 Å². The lowest BCUT2D eigenvalue weighted by Crippen LogP contribution is -1.95. The van der Waals surface area contributed by atoms with Gasteiger partial charge in [-0.25, -0.2) is 4.39 Å². The SMILES string of the molecule is C=C/C(=C\C=C(/C)F)c1ccc2c(c1)C=CCC2. The summed E-state index contributed by atoms with van der Waals surface area (Å²) < 4.78 is 12.8. The third-order valence-corrected chi connectivity index (χ3v) is 3.07. The van der Waals surface area contributed by atoms with Gasteiger partial charge in [-0.05, 0) is 54.2 Å². The molecule has 0 aromatic heterocycles. The van der Waals surface area contributed by atoms with Crippen molar-refractivity contribution < 1.29 is 4.39 Å². The second-order valence-electron chi connectivity index (χ2n) is 4.43. The summed E-state index contributed by atoms with van der Waals surface area (Å²) in [7, 11) is 0. The predicted octanol–water partition coefficient (Wildman–Crippen LogP) is 5.09. The molecule has 0 unspecified atom stereocenters. The van der Waals surface area contributed by atoms with E-state index in [0.717, 1.165) is 24.0 Å². The second-order valence-corrected chi connectivity index (χ2v) is 4.43. The normalized spacial score (nSPS) is 15.4. The van der Waals surface area contributed by atoms with Crippen molar-refractivity contribution in [2.24, 2.45) is 0 Å². The average molecular weight is 240 g/mol. The Hall–Kier alpha value is -1.89. The number of benzene rings is 1. The molecule has 0 heterocycles. The molecule has 0 aliphatic heterocycles. The van der Waals surface area contributed by atoms with Crippen molar-refractivity contribution in [3.63, 3.8) is 0 Å². The van der Waals surface area contributed by atoms with Gasteiger partial charge < -0.3 is 0 Å². The number of hydrogen-bond donors (Lipinski definition) is 0. The number of fused-ring (bicyclic) bond motifs is 1. The molecule has 1 aromatic rings. The van der Waals surface area contributed by atoms with Crippen LogP contribution in [0, 0.1) is 0 Å². The van der Waals surface area contributed by atoms with Gasteiger partial charge in [0.15, 0.2) is 0 Å². The van der Waals surface area contributed by atoms with Crippen LogP contribution in [0.15, 0.2) is 54.9 Å². The summed E-state index contributed by atoms with van der Waals surface area (Å²) in [5.41, 5.74) is 4.65. The molecule has 0 atom stereocenters. The summed E-state index contributed by atoms with van der Waals surface area (Å²) in [6.45, 7) is 5.23. The first-order valence-corrected chi connectivity index (χ1v) is 6.17. The second kappa shape index (κ2) is 5.63. The van der Waals surface area contributed by atoms with Crippen LogP contribution in [-0.2, 0) is 6.42 Å². The van der Waals surface area contributed by atoms with Gasteiger partial charge in [0.05, 0.1) is 5.83 Å². The highest BCUT2D eigenvalue weighted by Crippen LogP contribution is 2.24. The van der Waals surface area contributed by atoms with Gasteiger partial charge in [0.2, 0.25) is 0 Å². The minimum absolute atomic E-state index is 0.202. The zero-order chi connectivity index (χ0) is 13.0. The molecule has 0 saturated heterocycles. The molecule has 1 aliphatic carbocycles. The van der Waals surface area contributed by atoms with Gasteiger partial charge in [-0.3, -0.25) is 0 Å². The Morgan fingerprint density at radius 2 is 2.17 bits per heavy atom. The third-order valence-electron chi connectivity index (χ3n) is 3.07. The first-order valence-electron chi connectivity index (χ1n) is 6.17. The van der Waals surface area contributed by atoms with E-state index in [1.54, 1.807) is 12.2 Å². The zero-order valence-electron chi connectivity index (χ0n) is 10.6. The summed E-state index contributed by atoms with van der Waals surface area (Å²) in [6, 6.07) is 6.37. The van der Waals surface area contributed by atoms with E-state index in [4.69, 9.17) is 0 Å². The van der Waals surface area contributed by atoms with E-state index in [1.165, 1.54) is 24.1 Å². The average Bonchev–Trinajstić information content (AvgIpc) is 2.39. The van der Waals surface area contributed by atoms with Gasteiger partial charge in [-0.15, -0.1) is 0 Å². The Balaban J connectivity index is 2.39. The molecule has 18 heavy (non-hydrogen) atoms. The molecule has 0 bridgehead atoms. The van der Waals surface area contributed by atoms with E-state index in [0.29, 0.717) is 0 Å². The minimum Gasteiger partial charge on any atom is -0.212 e. The van der Waals surface area contributed by atoms with Crippen molar-refractivity contribution in [2.75, 3.05) is 0 Å². The number of allylic oxidation sites excluding steroid dienone is 6. The lowest BCUT2D eigenvalue weighted by molar-refractivity contribution is 0.641. The summed E-state index contributed by atoms with van der Waals surface area (Å²) in [6.07, 6.45) is 11.5. The maximum Gasteiger partial charge on any atom is 0.0968 e. The van der Waals surface area contributed by atoms with Crippen molar-refractivity contribution in [1.29, 1.82) is 0 Å². The van der Waals surface area contributed by atoms with Crippen LogP contribution in [-0.4, -0.2) is 0 Å². The first kappa shape index (κ1) is 12.6. The molecule has 0 spiro atoms. The van der Waals surface area contributed by atoms with Crippen LogP contribution in [0.3, 0.4) is 0 Å². The molecule has 1 aromatic carbocycles. The molecule has 0 radical (unpaired) electrons. The van der Waals surface area contributed by atoms with E-state index in [1.807, 2.05) is 0 Å². The Labute approximate surface area is 108 Å². The number of hydrogen-bond acceptors (Lipinski definition) is 0. The lowest BCUT2D eigenvalue weighted by atomic mass is 9.93. The van der Waals surface area contributed by atoms with E-state index < -0.39 is 0 Å². The number of halogens is 1. The fourth-order valence-electron chi connectivity index (χ4n) is 2.09. The fraction of sp³-hybridized carbons (Fsp3) is 0.176. The molecular formula is C17H17F. The summed E-state index contributed by atoms with van der Waals surface area (Å²) >= 11 is 0. The van der Waals surface area contributed by atoms with Crippen molar-refractivity contribution in [2.45, 2.75) is 19.8 Å². The molecule has 2 rings (SSSR count). The molecule has 0 N–H and O–H groups in total. The lowest BCUT2D eigenvalue weighted by Gasteiger charge is -2.12. The maximum absolute atomic E-state index is 12.8. The summed E-state index contributed by atoms with van der Waals surface area (Å²) in [4.78, 5) is 0. The van der Waals surface area contributed by atoms with Gasteiger partial charge >= 0.3 is 0 Å². The number of aryl methyl sites for hydroxylation is 1. The van der Waals surface area contributed by atoms with Crippen LogP contribution in [0.4, 0.5) is 4.39 Å². The van der Waals surface area contributed by atoms with Crippen molar-refractivity contribution in [1.82, 2.24) is 0 Å². The highest BCUT2D eigenvalue weighted by atomic mass is 19.1. The van der Waals surface area contributed by atoms with Crippen LogP contribution in [0.2, 0.25) is 0 Å².